The molecule has 1 aliphatic carbocycles. The number of hydrogen-bond donors (Lipinski definition) is 0. The lowest BCUT2D eigenvalue weighted by Crippen LogP contribution is -2.33. The van der Waals surface area contributed by atoms with Gasteiger partial charge >= 0.3 is 6.09 Å². The van der Waals surface area contributed by atoms with E-state index < -0.39 is 12.0 Å². The van der Waals surface area contributed by atoms with Crippen LogP contribution < -0.4 is 4.90 Å². The van der Waals surface area contributed by atoms with Crippen molar-refractivity contribution in [2.75, 3.05) is 17.7 Å². The topological polar surface area (TPSA) is 50.6 Å². The molecule has 0 spiro atoms. The molecule has 43 heavy (non-hydrogen) atoms. The number of aromatic nitrogens is 2. The number of amides is 1. The van der Waals surface area contributed by atoms with Crippen LogP contribution in [0, 0.1) is 0 Å². The molecule has 3 aliphatic rings. The van der Waals surface area contributed by atoms with Crippen LogP contribution in [0.4, 0.5) is 25.0 Å². The van der Waals surface area contributed by atoms with Crippen molar-refractivity contribution in [1.29, 1.82) is 0 Å². The molecule has 1 unspecified atom stereocenters. The van der Waals surface area contributed by atoms with Crippen LogP contribution in [0.15, 0.2) is 42.7 Å². The first-order chi connectivity index (χ1) is 20.5. The Morgan fingerprint density at radius 1 is 1.07 bits per heavy atom. The second-order valence-electron chi connectivity index (χ2n) is 12.9. The fourth-order valence-electron chi connectivity index (χ4n) is 6.55. The number of hydrogen-bond acceptors (Lipinski definition) is 5. The molecule has 1 atom stereocenters. The van der Waals surface area contributed by atoms with Gasteiger partial charge in [0.2, 0.25) is 0 Å². The van der Waals surface area contributed by atoms with E-state index in [0.717, 1.165) is 72.3 Å². The molecule has 3 aromatic rings. The zero-order valence-electron chi connectivity index (χ0n) is 25.6. The Hall–Kier alpha value is -3.33. The van der Waals surface area contributed by atoms with Gasteiger partial charge in [0.15, 0.2) is 0 Å². The first-order valence-corrected chi connectivity index (χ1v) is 16.4. The number of alkyl halides is 2. The van der Waals surface area contributed by atoms with Crippen LogP contribution in [-0.2, 0) is 31.3 Å². The molecule has 2 aromatic carbocycles. The maximum atomic E-state index is 14.6. The normalized spacial score (nSPS) is 18.5. The maximum Gasteiger partial charge on any atom is 0.410 e. The molecule has 2 aliphatic heterocycles. The average molecular weight is 607 g/mol. The molecule has 228 valence electrons. The molecule has 9 heteroatoms. The largest absolute Gasteiger partial charge is 0.444 e. The summed E-state index contributed by atoms with van der Waals surface area (Å²) in [7, 11) is 1.79. The average Bonchev–Trinajstić information content (AvgIpc) is 3.61. The van der Waals surface area contributed by atoms with Crippen LogP contribution in [0.2, 0.25) is 0 Å². The highest BCUT2D eigenvalue weighted by Crippen LogP contribution is 2.45. The lowest BCUT2D eigenvalue weighted by atomic mass is 9.89. The molecule has 0 saturated heterocycles. The number of nitrogens with zero attached hydrogens (tertiary/aromatic N) is 4. The third-order valence-corrected chi connectivity index (χ3v) is 9.75. The zero-order chi connectivity index (χ0) is 30.5. The molecular formula is C34H40F2N4O2S. The predicted octanol–water partition coefficient (Wildman–Crippen LogP) is 8.66. The highest BCUT2D eigenvalue weighted by molar-refractivity contribution is 7.99. The van der Waals surface area contributed by atoms with Gasteiger partial charge in [-0.15, -0.1) is 0 Å². The van der Waals surface area contributed by atoms with Crippen LogP contribution in [-0.4, -0.2) is 44.4 Å². The quantitative estimate of drug-likeness (QED) is 0.291. The van der Waals surface area contributed by atoms with Crippen LogP contribution in [0.1, 0.15) is 80.7 Å². The van der Waals surface area contributed by atoms with Gasteiger partial charge in [-0.2, -0.15) is 16.9 Å². The highest BCUT2D eigenvalue weighted by Gasteiger charge is 2.33. The highest BCUT2D eigenvalue weighted by atomic mass is 32.2. The summed E-state index contributed by atoms with van der Waals surface area (Å²) >= 11 is 1.92. The number of anilines is 2. The number of thioether (sulfide) groups is 1. The minimum absolute atomic E-state index is 0.0138. The molecule has 6 rings (SSSR count). The number of allylic oxidation sites excluding steroid dienone is 2. The van der Waals surface area contributed by atoms with Crippen LogP contribution in [0.25, 0.3) is 16.7 Å². The number of fused-ring (bicyclic) bond motifs is 2. The molecule has 1 aromatic heterocycles. The molecule has 0 radical (unpaired) electrons. The number of benzene rings is 2. The van der Waals surface area contributed by atoms with Crippen molar-refractivity contribution < 1.29 is 18.3 Å². The summed E-state index contributed by atoms with van der Waals surface area (Å²) in [4.78, 5) is 17.1. The predicted molar refractivity (Wildman–Crippen MR) is 170 cm³/mol. The Labute approximate surface area is 257 Å². The zero-order valence-corrected chi connectivity index (χ0v) is 26.4. The Balaban J connectivity index is 1.45. The number of rotatable bonds is 5. The van der Waals surface area contributed by atoms with E-state index in [1.54, 1.807) is 35.1 Å². The van der Waals surface area contributed by atoms with Gasteiger partial charge in [0, 0.05) is 59.6 Å². The van der Waals surface area contributed by atoms with Crippen molar-refractivity contribution >= 4 is 34.8 Å². The van der Waals surface area contributed by atoms with Gasteiger partial charge in [0.25, 0.3) is 6.43 Å². The summed E-state index contributed by atoms with van der Waals surface area (Å²) in [6.07, 6.45) is 9.89. The molecule has 6 nitrogen and oxygen atoms in total. The van der Waals surface area contributed by atoms with Crippen molar-refractivity contribution in [3.05, 3.63) is 70.6 Å². The van der Waals surface area contributed by atoms with Gasteiger partial charge in [0.1, 0.15) is 5.60 Å². The Morgan fingerprint density at radius 3 is 2.53 bits per heavy atom. The molecular weight excluding hydrogens is 566 g/mol. The summed E-state index contributed by atoms with van der Waals surface area (Å²) in [5, 5.41) is 4.86. The van der Waals surface area contributed by atoms with Crippen molar-refractivity contribution in [3.8, 4) is 11.1 Å². The Bertz CT molecular complexity index is 1580. The third kappa shape index (κ3) is 6.06. The smallest absolute Gasteiger partial charge is 0.410 e. The van der Waals surface area contributed by atoms with E-state index in [1.807, 2.05) is 38.6 Å². The number of halogens is 2. The fourth-order valence-corrected chi connectivity index (χ4v) is 7.19. The Kier molecular flexibility index (Phi) is 8.05. The van der Waals surface area contributed by atoms with Crippen molar-refractivity contribution in [3.63, 3.8) is 0 Å². The van der Waals surface area contributed by atoms with E-state index in [2.05, 4.69) is 34.5 Å². The second kappa shape index (κ2) is 11.6. The molecule has 0 N–H and O–H groups in total. The minimum atomic E-state index is -2.62. The van der Waals surface area contributed by atoms with Gasteiger partial charge in [-0.1, -0.05) is 6.08 Å². The molecule has 0 bridgehead atoms. The van der Waals surface area contributed by atoms with Crippen LogP contribution >= 0.6 is 11.8 Å². The summed E-state index contributed by atoms with van der Waals surface area (Å²) < 4.78 is 36.5. The van der Waals surface area contributed by atoms with Crippen molar-refractivity contribution in [2.45, 2.75) is 83.2 Å². The lowest BCUT2D eigenvalue weighted by Gasteiger charge is -2.34. The van der Waals surface area contributed by atoms with Gasteiger partial charge in [0.05, 0.1) is 12.7 Å². The van der Waals surface area contributed by atoms with E-state index in [4.69, 9.17) is 4.74 Å². The van der Waals surface area contributed by atoms with E-state index in [-0.39, 0.29) is 11.7 Å². The molecule has 1 amide bonds. The van der Waals surface area contributed by atoms with Crippen molar-refractivity contribution in [2.24, 2.45) is 7.05 Å². The number of carbonyl (C=O) groups is 1. The molecule has 0 fully saturated rings. The van der Waals surface area contributed by atoms with Crippen LogP contribution in [0.5, 0.6) is 0 Å². The first-order valence-electron chi connectivity index (χ1n) is 15.1. The van der Waals surface area contributed by atoms with Gasteiger partial charge < -0.3 is 9.64 Å². The van der Waals surface area contributed by atoms with Gasteiger partial charge in [-0.25, -0.2) is 13.6 Å². The summed E-state index contributed by atoms with van der Waals surface area (Å²) in [5.74, 6) is 0. The minimum Gasteiger partial charge on any atom is -0.444 e. The lowest BCUT2D eigenvalue weighted by molar-refractivity contribution is 0.0242. The van der Waals surface area contributed by atoms with E-state index in [0.29, 0.717) is 29.5 Å². The van der Waals surface area contributed by atoms with E-state index in [9.17, 15) is 13.6 Å². The monoisotopic (exact) mass is 606 g/mol. The van der Waals surface area contributed by atoms with Gasteiger partial charge in [-0.3, -0.25) is 9.58 Å². The first kappa shape index (κ1) is 29.7. The Morgan fingerprint density at radius 2 is 1.88 bits per heavy atom. The number of aryl methyl sites for hydroxylation is 2. The molecule has 0 saturated carbocycles. The van der Waals surface area contributed by atoms with Gasteiger partial charge in [-0.05, 0) is 111 Å². The number of carbonyl (C=O) groups excluding carboxylic acids is 1. The maximum absolute atomic E-state index is 14.6. The summed E-state index contributed by atoms with van der Waals surface area (Å²) in [6.45, 7) is 7.24. The van der Waals surface area contributed by atoms with Crippen LogP contribution in [0.3, 0.4) is 0 Å². The van der Waals surface area contributed by atoms with E-state index in [1.165, 1.54) is 5.57 Å². The van der Waals surface area contributed by atoms with E-state index >= 15 is 0 Å². The third-order valence-electron chi connectivity index (χ3n) is 8.66. The standard InChI is InChI=1S/C34H40F2N4O2S/c1-34(2,3)42-33(41)39-19-24-13-23(21-8-10-26(43-5)11-9-21)15-31(29(24)20-39)40-12-6-7-22-14-27(25-17-37-38(4)18-25)28(32(35)36)16-30(22)40/h8,13-18,26,32H,6-7,9-12,19-20H2,1-5H3. The SMILES string of the molecule is CSC1CC=C(c2cc3c(c(N4CCCc5cc(-c6cnn(C)c6)c(C(F)F)cc54)c2)CN(C(=O)OC(C)(C)C)C3)CC1. The summed E-state index contributed by atoms with van der Waals surface area (Å²) in [5.41, 5.74) is 8.17. The molecule has 3 heterocycles. The van der Waals surface area contributed by atoms with Crippen molar-refractivity contribution in [1.82, 2.24) is 14.7 Å². The summed E-state index contributed by atoms with van der Waals surface area (Å²) in [6, 6.07) is 8.08. The fraction of sp³-hybridized carbons (Fsp3) is 0.471. The number of ether oxygens (including phenoxy) is 1. The second-order valence-corrected chi connectivity index (χ2v) is 14.0.